The van der Waals surface area contributed by atoms with Gasteiger partial charge in [0.2, 0.25) is 5.91 Å². The lowest BCUT2D eigenvalue weighted by atomic mass is 10.2. The normalized spacial score (nSPS) is 12.4. The first-order valence-corrected chi connectivity index (χ1v) is 6.53. The number of rotatable bonds is 7. The van der Waals surface area contributed by atoms with Crippen molar-refractivity contribution in [3.8, 4) is 0 Å². The number of aryl methyl sites for hydroxylation is 1. The Hall–Kier alpha value is -0.940. The summed E-state index contributed by atoms with van der Waals surface area (Å²) in [6.45, 7) is 5.73. The molecule has 5 heteroatoms. The summed E-state index contributed by atoms with van der Waals surface area (Å²) in [4.78, 5) is 15.6. The smallest absolute Gasteiger partial charge is 0.220 e. The molecule has 1 rings (SSSR count). The number of likely N-dealkylation sites (N-methyl/N-ethyl adjacent to an activating group) is 1. The lowest BCUT2D eigenvalue weighted by molar-refractivity contribution is -0.121. The van der Waals surface area contributed by atoms with Gasteiger partial charge in [-0.2, -0.15) is 0 Å². The molecule has 0 aliphatic heterocycles. The number of hydrogen-bond donors (Lipinski definition) is 2. The SMILES string of the molecule is CCN[C@H](C)CNC(=O)CCc1cscn1. The summed E-state index contributed by atoms with van der Waals surface area (Å²) in [5.74, 6) is 0.0951. The quantitative estimate of drug-likeness (QED) is 0.754. The van der Waals surface area contributed by atoms with Gasteiger partial charge in [0.25, 0.3) is 0 Å². The van der Waals surface area contributed by atoms with Crippen molar-refractivity contribution in [1.29, 1.82) is 0 Å². The summed E-state index contributed by atoms with van der Waals surface area (Å²) in [5, 5.41) is 8.13. The van der Waals surface area contributed by atoms with Crippen LogP contribution in [0, 0.1) is 0 Å². The van der Waals surface area contributed by atoms with Crippen molar-refractivity contribution < 1.29 is 4.79 Å². The highest BCUT2D eigenvalue weighted by molar-refractivity contribution is 7.07. The molecule has 0 aliphatic carbocycles. The van der Waals surface area contributed by atoms with Crippen LogP contribution in [0.3, 0.4) is 0 Å². The lowest BCUT2D eigenvalue weighted by Gasteiger charge is -2.12. The van der Waals surface area contributed by atoms with Crippen LogP contribution in [-0.2, 0) is 11.2 Å². The van der Waals surface area contributed by atoms with Gasteiger partial charge in [0, 0.05) is 24.4 Å². The molecule has 90 valence electrons. The molecule has 0 unspecified atom stereocenters. The number of aromatic nitrogens is 1. The van der Waals surface area contributed by atoms with Crippen molar-refractivity contribution in [3.63, 3.8) is 0 Å². The summed E-state index contributed by atoms with van der Waals surface area (Å²) >= 11 is 1.56. The van der Waals surface area contributed by atoms with E-state index in [2.05, 4.69) is 29.5 Å². The van der Waals surface area contributed by atoms with Gasteiger partial charge in [0.05, 0.1) is 11.2 Å². The molecule has 0 spiro atoms. The van der Waals surface area contributed by atoms with Crippen LogP contribution in [-0.4, -0.2) is 30.0 Å². The van der Waals surface area contributed by atoms with E-state index >= 15 is 0 Å². The molecule has 0 aromatic carbocycles. The second-order valence-corrected chi connectivity index (χ2v) is 4.46. The molecule has 1 amide bonds. The minimum Gasteiger partial charge on any atom is -0.355 e. The third kappa shape index (κ3) is 5.23. The van der Waals surface area contributed by atoms with Gasteiger partial charge < -0.3 is 10.6 Å². The molecule has 0 radical (unpaired) electrons. The van der Waals surface area contributed by atoms with Crippen LogP contribution < -0.4 is 10.6 Å². The van der Waals surface area contributed by atoms with E-state index in [9.17, 15) is 4.79 Å². The van der Waals surface area contributed by atoms with Gasteiger partial charge in [0.1, 0.15) is 0 Å². The molecule has 1 aromatic heterocycles. The predicted molar refractivity (Wildman–Crippen MR) is 66.6 cm³/mol. The van der Waals surface area contributed by atoms with Gasteiger partial charge in [-0.05, 0) is 19.9 Å². The minimum absolute atomic E-state index is 0.0951. The van der Waals surface area contributed by atoms with Crippen LogP contribution in [0.2, 0.25) is 0 Å². The maximum Gasteiger partial charge on any atom is 0.220 e. The van der Waals surface area contributed by atoms with Gasteiger partial charge in [-0.15, -0.1) is 11.3 Å². The highest BCUT2D eigenvalue weighted by Crippen LogP contribution is 2.03. The largest absolute Gasteiger partial charge is 0.355 e. The molecular weight excluding hydrogens is 222 g/mol. The average molecular weight is 241 g/mol. The Morgan fingerprint density at radius 3 is 3.06 bits per heavy atom. The Labute approximate surface area is 100 Å². The van der Waals surface area contributed by atoms with E-state index in [-0.39, 0.29) is 5.91 Å². The van der Waals surface area contributed by atoms with Crippen molar-refractivity contribution in [2.75, 3.05) is 13.1 Å². The third-order valence-corrected chi connectivity index (χ3v) is 2.88. The summed E-state index contributed by atoms with van der Waals surface area (Å²) in [6.07, 6.45) is 1.24. The van der Waals surface area contributed by atoms with E-state index in [1.165, 1.54) is 0 Å². The number of nitrogens with zero attached hydrogens (tertiary/aromatic N) is 1. The zero-order valence-electron chi connectivity index (χ0n) is 9.82. The fourth-order valence-electron chi connectivity index (χ4n) is 1.38. The first-order valence-electron chi connectivity index (χ1n) is 5.59. The highest BCUT2D eigenvalue weighted by atomic mass is 32.1. The molecule has 1 heterocycles. The minimum atomic E-state index is 0.0951. The molecule has 0 aliphatic rings. The number of carbonyl (C=O) groups is 1. The second kappa shape index (κ2) is 7.35. The highest BCUT2D eigenvalue weighted by Gasteiger charge is 2.05. The molecule has 0 saturated heterocycles. The lowest BCUT2D eigenvalue weighted by Crippen LogP contribution is -2.38. The number of carbonyl (C=O) groups excluding carboxylic acids is 1. The van der Waals surface area contributed by atoms with Crippen LogP contribution in [0.15, 0.2) is 10.9 Å². The van der Waals surface area contributed by atoms with Crippen molar-refractivity contribution in [2.45, 2.75) is 32.7 Å². The van der Waals surface area contributed by atoms with E-state index in [0.29, 0.717) is 19.0 Å². The van der Waals surface area contributed by atoms with Gasteiger partial charge in [0.15, 0.2) is 0 Å². The van der Waals surface area contributed by atoms with Crippen LogP contribution in [0.1, 0.15) is 26.0 Å². The fourth-order valence-corrected chi connectivity index (χ4v) is 1.97. The Kier molecular flexibility index (Phi) is 6.03. The number of hydrogen-bond acceptors (Lipinski definition) is 4. The van der Waals surface area contributed by atoms with Crippen LogP contribution >= 0.6 is 11.3 Å². The van der Waals surface area contributed by atoms with Gasteiger partial charge >= 0.3 is 0 Å². The molecule has 1 atom stereocenters. The number of nitrogens with one attached hydrogen (secondary N) is 2. The monoisotopic (exact) mass is 241 g/mol. The Balaban J connectivity index is 2.11. The maximum atomic E-state index is 11.5. The molecule has 0 bridgehead atoms. The van der Waals surface area contributed by atoms with E-state index in [0.717, 1.165) is 18.7 Å². The maximum absolute atomic E-state index is 11.5. The molecule has 1 aromatic rings. The van der Waals surface area contributed by atoms with Gasteiger partial charge in [-0.1, -0.05) is 6.92 Å². The first kappa shape index (κ1) is 13.1. The van der Waals surface area contributed by atoms with Crippen molar-refractivity contribution >= 4 is 17.2 Å². The van der Waals surface area contributed by atoms with E-state index < -0.39 is 0 Å². The van der Waals surface area contributed by atoms with Crippen LogP contribution in [0.25, 0.3) is 0 Å². The molecular formula is C11H19N3OS. The van der Waals surface area contributed by atoms with Crippen molar-refractivity contribution in [3.05, 3.63) is 16.6 Å². The van der Waals surface area contributed by atoms with Crippen molar-refractivity contribution in [2.24, 2.45) is 0 Å². The zero-order valence-corrected chi connectivity index (χ0v) is 10.6. The van der Waals surface area contributed by atoms with Crippen LogP contribution in [0.4, 0.5) is 0 Å². The third-order valence-electron chi connectivity index (χ3n) is 2.25. The standard InChI is InChI=1S/C11H19N3OS/c1-3-12-9(2)6-13-11(15)5-4-10-7-16-8-14-10/h7-9,12H,3-6H2,1-2H3,(H,13,15)/t9-/m1/s1. The van der Waals surface area contributed by atoms with Crippen molar-refractivity contribution in [1.82, 2.24) is 15.6 Å². The molecule has 16 heavy (non-hydrogen) atoms. The fraction of sp³-hybridized carbons (Fsp3) is 0.636. The summed E-state index contributed by atoms with van der Waals surface area (Å²) in [6, 6.07) is 0.327. The Morgan fingerprint density at radius 2 is 2.44 bits per heavy atom. The van der Waals surface area contributed by atoms with E-state index in [1.807, 2.05) is 5.38 Å². The predicted octanol–water partition coefficient (Wildman–Crippen LogP) is 1.19. The molecule has 2 N–H and O–H groups in total. The van der Waals surface area contributed by atoms with Crippen LogP contribution in [0.5, 0.6) is 0 Å². The van der Waals surface area contributed by atoms with Gasteiger partial charge in [-0.3, -0.25) is 4.79 Å². The zero-order chi connectivity index (χ0) is 11.8. The van der Waals surface area contributed by atoms with E-state index in [1.54, 1.807) is 16.8 Å². The number of thiazole rings is 1. The second-order valence-electron chi connectivity index (χ2n) is 3.74. The number of amides is 1. The summed E-state index contributed by atoms with van der Waals surface area (Å²) < 4.78 is 0. The molecule has 0 fully saturated rings. The Bertz CT molecular complexity index is 300. The molecule has 4 nitrogen and oxygen atoms in total. The first-order chi connectivity index (χ1) is 7.72. The van der Waals surface area contributed by atoms with Gasteiger partial charge in [-0.25, -0.2) is 4.98 Å². The average Bonchev–Trinajstić information content (AvgIpc) is 2.77. The summed E-state index contributed by atoms with van der Waals surface area (Å²) in [5.41, 5.74) is 2.79. The summed E-state index contributed by atoms with van der Waals surface area (Å²) in [7, 11) is 0. The topological polar surface area (TPSA) is 54.0 Å². The molecule has 0 saturated carbocycles. The van der Waals surface area contributed by atoms with E-state index in [4.69, 9.17) is 0 Å². The Morgan fingerprint density at radius 1 is 1.62 bits per heavy atom.